The Labute approximate surface area is 204 Å². The lowest BCUT2D eigenvalue weighted by Gasteiger charge is -2.20. The average Bonchev–Trinajstić information content (AvgIpc) is 3.21. The number of carbonyl (C=O) groups is 3. The summed E-state index contributed by atoms with van der Waals surface area (Å²) in [6.07, 6.45) is 1.43. The molecule has 3 aromatic rings. The van der Waals surface area contributed by atoms with Crippen molar-refractivity contribution in [2.45, 2.75) is 24.8 Å². The standard InChI is InChI=1S/C26H21F2N5O3/c27-26(28)11-16(12-29)33(14-26)23(34)13-32-25(36)20-7-8-30-22-5-4-15(10-21(20)22)17-2-1-3-19-18(17)6-9-31-24(19)35/h1-5,7-8,10,16H,6,9,11,13-14H2,(H,31,35)(H,32,36). The van der Waals surface area contributed by atoms with Gasteiger partial charge in [0.2, 0.25) is 5.91 Å². The number of amides is 3. The molecular formula is C26H21F2N5O3. The predicted octanol–water partition coefficient (Wildman–Crippen LogP) is 2.68. The number of hydrogen-bond acceptors (Lipinski definition) is 5. The molecule has 2 aromatic carbocycles. The largest absolute Gasteiger partial charge is 0.352 e. The fourth-order valence-electron chi connectivity index (χ4n) is 4.79. The number of benzene rings is 2. The van der Waals surface area contributed by atoms with Gasteiger partial charge in [0, 0.05) is 30.1 Å². The van der Waals surface area contributed by atoms with Crippen LogP contribution in [0.4, 0.5) is 8.78 Å². The van der Waals surface area contributed by atoms with Gasteiger partial charge in [-0.05, 0) is 47.4 Å². The Morgan fingerprint density at radius 1 is 1.22 bits per heavy atom. The normalized spacial score (nSPS) is 18.3. The highest BCUT2D eigenvalue weighted by Crippen LogP contribution is 2.32. The fraction of sp³-hybridized carbons (Fsp3) is 0.269. The zero-order valence-corrected chi connectivity index (χ0v) is 19.1. The summed E-state index contributed by atoms with van der Waals surface area (Å²) < 4.78 is 27.3. The second-order valence-corrected chi connectivity index (χ2v) is 8.84. The second kappa shape index (κ2) is 9.00. The third kappa shape index (κ3) is 4.24. The average molecular weight is 489 g/mol. The second-order valence-electron chi connectivity index (χ2n) is 8.84. The van der Waals surface area contributed by atoms with Crippen LogP contribution in [-0.4, -0.2) is 59.2 Å². The van der Waals surface area contributed by atoms with Crippen molar-refractivity contribution in [3.05, 3.63) is 65.4 Å². The van der Waals surface area contributed by atoms with E-state index in [1.807, 2.05) is 24.3 Å². The summed E-state index contributed by atoms with van der Waals surface area (Å²) in [6.45, 7) is -0.825. The summed E-state index contributed by atoms with van der Waals surface area (Å²) in [5.41, 5.74) is 4.06. The quantitative estimate of drug-likeness (QED) is 0.585. The summed E-state index contributed by atoms with van der Waals surface area (Å²) in [7, 11) is 0. The van der Waals surface area contributed by atoms with Crippen LogP contribution in [0.2, 0.25) is 0 Å². The summed E-state index contributed by atoms with van der Waals surface area (Å²) in [5.74, 6) is -4.57. The van der Waals surface area contributed by atoms with Gasteiger partial charge in [-0.25, -0.2) is 8.78 Å². The number of alkyl halides is 2. The van der Waals surface area contributed by atoms with Crippen LogP contribution in [0.1, 0.15) is 32.7 Å². The molecule has 8 nitrogen and oxygen atoms in total. The summed E-state index contributed by atoms with van der Waals surface area (Å²) >= 11 is 0. The van der Waals surface area contributed by atoms with Gasteiger partial charge in [0.05, 0.1) is 30.2 Å². The number of fused-ring (bicyclic) bond motifs is 2. The molecule has 0 aliphatic carbocycles. The van der Waals surface area contributed by atoms with Crippen LogP contribution in [-0.2, 0) is 11.2 Å². The number of rotatable bonds is 4. The van der Waals surface area contributed by atoms with E-state index in [1.165, 1.54) is 12.3 Å². The van der Waals surface area contributed by atoms with Gasteiger partial charge in [0.25, 0.3) is 17.7 Å². The highest BCUT2D eigenvalue weighted by Gasteiger charge is 2.47. The third-order valence-corrected chi connectivity index (χ3v) is 6.52. The Morgan fingerprint density at radius 3 is 2.83 bits per heavy atom. The molecule has 3 heterocycles. The number of nitrogens with one attached hydrogen (secondary N) is 2. The van der Waals surface area contributed by atoms with Crippen molar-refractivity contribution in [2.24, 2.45) is 0 Å². The van der Waals surface area contributed by atoms with Crippen LogP contribution in [0, 0.1) is 11.3 Å². The van der Waals surface area contributed by atoms with E-state index < -0.39 is 43.3 Å². The number of nitrogens with zero attached hydrogens (tertiary/aromatic N) is 3. The Balaban J connectivity index is 1.41. The highest BCUT2D eigenvalue weighted by molar-refractivity contribution is 6.08. The Bertz CT molecular complexity index is 1450. The molecule has 0 bridgehead atoms. The zero-order chi connectivity index (χ0) is 25.4. The SMILES string of the molecule is N#CC1CC(F)(F)CN1C(=O)CNC(=O)c1ccnc2ccc(-c3cccc4c3CCNC4=O)cc12. The van der Waals surface area contributed by atoms with E-state index in [2.05, 4.69) is 15.6 Å². The monoisotopic (exact) mass is 489 g/mol. The lowest BCUT2D eigenvalue weighted by molar-refractivity contribution is -0.131. The zero-order valence-electron chi connectivity index (χ0n) is 19.1. The van der Waals surface area contributed by atoms with E-state index >= 15 is 0 Å². The van der Waals surface area contributed by atoms with E-state index in [1.54, 1.807) is 18.2 Å². The van der Waals surface area contributed by atoms with Crippen molar-refractivity contribution in [3.63, 3.8) is 0 Å². The first-order valence-corrected chi connectivity index (χ1v) is 11.4. The molecule has 0 saturated carbocycles. The lowest BCUT2D eigenvalue weighted by atomic mass is 9.90. The first kappa shape index (κ1) is 23.4. The van der Waals surface area contributed by atoms with Crippen molar-refractivity contribution in [3.8, 4) is 17.2 Å². The minimum Gasteiger partial charge on any atom is -0.352 e. The fourth-order valence-corrected chi connectivity index (χ4v) is 4.79. The van der Waals surface area contributed by atoms with Gasteiger partial charge in [-0.2, -0.15) is 5.26 Å². The van der Waals surface area contributed by atoms with Gasteiger partial charge < -0.3 is 15.5 Å². The van der Waals surface area contributed by atoms with Crippen LogP contribution in [0.5, 0.6) is 0 Å². The molecule has 1 fully saturated rings. The molecular weight excluding hydrogens is 468 g/mol. The number of likely N-dealkylation sites (tertiary alicyclic amines) is 1. The topological polar surface area (TPSA) is 115 Å². The molecule has 10 heteroatoms. The maximum Gasteiger partial charge on any atom is 0.268 e. The maximum absolute atomic E-state index is 13.7. The van der Waals surface area contributed by atoms with E-state index in [9.17, 15) is 23.2 Å². The van der Waals surface area contributed by atoms with E-state index in [0.29, 0.717) is 29.4 Å². The predicted molar refractivity (Wildman–Crippen MR) is 126 cm³/mol. The van der Waals surface area contributed by atoms with Gasteiger partial charge in [-0.1, -0.05) is 18.2 Å². The Morgan fingerprint density at radius 2 is 2.03 bits per heavy atom. The van der Waals surface area contributed by atoms with E-state index in [4.69, 9.17) is 5.26 Å². The molecule has 2 aliphatic heterocycles. The number of hydrogen-bond donors (Lipinski definition) is 2. The highest BCUT2D eigenvalue weighted by atomic mass is 19.3. The third-order valence-electron chi connectivity index (χ3n) is 6.52. The van der Waals surface area contributed by atoms with Crippen LogP contribution >= 0.6 is 0 Å². The number of aromatic nitrogens is 1. The molecule has 3 amide bonds. The maximum atomic E-state index is 13.7. The lowest BCUT2D eigenvalue weighted by Crippen LogP contribution is -2.43. The Kier molecular flexibility index (Phi) is 5.84. The van der Waals surface area contributed by atoms with Crippen molar-refractivity contribution in [1.29, 1.82) is 5.26 Å². The number of nitriles is 1. The van der Waals surface area contributed by atoms with Gasteiger partial charge in [0.1, 0.15) is 6.04 Å². The molecule has 36 heavy (non-hydrogen) atoms. The van der Waals surface area contributed by atoms with Gasteiger partial charge >= 0.3 is 0 Å². The minimum atomic E-state index is -3.13. The van der Waals surface area contributed by atoms with Crippen LogP contribution in [0.15, 0.2) is 48.7 Å². The van der Waals surface area contributed by atoms with Crippen molar-refractivity contribution in [1.82, 2.24) is 20.5 Å². The number of carbonyl (C=O) groups excluding carboxylic acids is 3. The molecule has 182 valence electrons. The van der Waals surface area contributed by atoms with Gasteiger partial charge in [-0.3, -0.25) is 19.4 Å². The summed E-state index contributed by atoms with van der Waals surface area (Å²) in [4.78, 5) is 42.9. The first-order valence-electron chi connectivity index (χ1n) is 11.4. The number of pyridine rings is 1. The number of halogens is 2. The minimum absolute atomic E-state index is 0.125. The molecule has 1 unspecified atom stereocenters. The molecule has 1 atom stereocenters. The molecule has 2 N–H and O–H groups in total. The summed E-state index contributed by atoms with van der Waals surface area (Å²) in [6, 6.07) is 13.0. The molecule has 1 aromatic heterocycles. The molecule has 2 aliphatic rings. The van der Waals surface area contributed by atoms with Crippen molar-refractivity contribution < 1.29 is 23.2 Å². The van der Waals surface area contributed by atoms with Crippen molar-refractivity contribution in [2.75, 3.05) is 19.6 Å². The van der Waals surface area contributed by atoms with Crippen LogP contribution < -0.4 is 10.6 Å². The van der Waals surface area contributed by atoms with Crippen molar-refractivity contribution >= 4 is 28.6 Å². The first-order chi connectivity index (χ1) is 17.3. The van der Waals surface area contributed by atoms with E-state index in [0.717, 1.165) is 21.6 Å². The van der Waals surface area contributed by atoms with Gasteiger partial charge in [0.15, 0.2) is 0 Å². The Hall–Kier alpha value is -4.39. The van der Waals surface area contributed by atoms with Crippen LogP contribution in [0.25, 0.3) is 22.0 Å². The molecule has 0 radical (unpaired) electrons. The van der Waals surface area contributed by atoms with Crippen LogP contribution in [0.3, 0.4) is 0 Å². The van der Waals surface area contributed by atoms with E-state index in [-0.39, 0.29) is 11.5 Å². The van der Waals surface area contributed by atoms with Gasteiger partial charge in [-0.15, -0.1) is 0 Å². The molecule has 1 saturated heterocycles. The summed E-state index contributed by atoms with van der Waals surface area (Å²) in [5, 5.41) is 15.0. The molecule has 0 spiro atoms. The smallest absolute Gasteiger partial charge is 0.268 e. The molecule has 5 rings (SSSR count).